The molecule has 0 spiro atoms. The summed E-state index contributed by atoms with van der Waals surface area (Å²) < 4.78 is 0. The normalized spacial score (nSPS) is 11.4. The molecule has 0 fully saturated rings. The van der Waals surface area contributed by atoms with Gasteiger partial charge in [0.25, 0.3) is 0 Å². The number of hydrogen-bond donors (Lipinski definition) is 4. The molecule has 6 nitrogen and oxygen atoms in total. The fourth-order valence-corrected chi connectivity index (χ4v) is 7.88. The molecule has 56 heavy (non-hydrogen) atoms. The molecule has 0 atom stereocenters. The molecule has 0 saturated heterocycles. The molecule has 0 saturated carbocycles. The molecule has 0 radical (unpaired) electrons. The summed E-state index contributed by atoms with van der Waals surface area (Å²) in [5.74, 6) is 0.371. The highest BCUT2D eigenvalue weighted by Gasteiger charge is 2.03. The van der Waals surface area contributed by atoms with Gasteiger partial charge in [-0.15, -0.1) is 0 Å². The number of nitrogens with one attached hydrogen (secondary N) is 4. The van der Waals surface area contributed by atoms with Crippen molar-refractivity contribution >= 4 is 11.8 Å². The quantitative estimate of drug-likeness (QED) is 0.0463. The molecule has 6 heteroatoms. The van der Waals surface area contributed by atoms with E-state index < -0.39 is 0 Å². The van der Waals surface area contributed by atoms with Crippen LogP contribution in [-0.4, -0.2) is 51.1 Å². The van der Waals surface area contributed by atoms with Crippen LogP contribution in [0.25, 0.3) is 0 Å². The number of rotatable bonds is 49. The summed E-state index contributed by atoms with van der Waals surface area (Å²) in [6.45, 7) is 9.91. The Bertz CT molecular complexity index is 701. The molecule has 334 valence electrons. The Balaban J connectivity index is 3.23. The lowest BCUT2D eigenvalue weighted by Crippen LogP contribution is -2.32. The fraction of sp³-hybridized carbons (Fsp3) is 0.960. The van der Waals surface area contributed by atoms with Crippen molar-refractivity contribution in [2.24, 2.45) is 0 Å². The van der Waals surface area contributed by atoms with Gasteiger partial charge in [0.05, 0.1) is 0 Å². The van der Waals surface area contributed by atoms with Gasteiger partial charge < -0.3 is 21.3 Å². The number of carbonyl (C=O) groups excluding carboxylic acids is 2. The van der Waals surface area contributed by atoms with Crippen molar-refractivity contribution in [1.29, 1.82) is 0 Å². The van der Waals surface area contributed by atoms with Crippen LogP contribution in [0.15, 0.2) is 0 Å². The zero-order chi connectivity index (χ0) is 40.5. The first-order valence-electron chi connectivity index (χ1n) is 25.7. The first kappa shape index (κ1) is 54.9. The van der Waals surface area contributed by atoms with E-state index in [0.29, 0.717) is 12.8 Å². The van der Waals surface area contributed by atoms with Gasteiger partial charge in [-0.25, -0.2) is 0 Å². The summed E-state index contributed by atoms with van der Waals surface area (Å²) in [6, 6.07) is 0. The third-order valence-electron chi connectivity index (χ3n) is 11.7. The van der Waals surface area contributed by atoms with Crippen molar-refractivity contribution in [1.82, 2.24) is 21.3 Å². The second-order valence-corrected chi connectivity index (χ2v) is 17.4. The van der Waals surface area contributed by atoms with Crippen LogP contribution < -0.4 is 21.3 Å². The highest BCUT2D eigenvalue weighted by atomic mass is 16.2. The molecule has 0 aromatic carbocycles. The first-order valence-corrected chi connectivity index (χ1v) is 25.7. The van der Waals surface area contributed by atoms with Gasteiger partial charge in [-0.1, -0.05) is 232 Å². The third kappa shape index (κ3) is 49.0. The van der Waals surface area contributed by atoms with E-state index in [1.165, 1.54) is 205 Å². The Morgan fingerprint density at radius 1 is 0.250 bits per heavy atom. The summed E-state index contributed by atoms with van der Waals surface area (Å²) in [4.78, 5) is 24.3. The lowest BCUT2D eigenvalue weighted by atomic mass is 10.0. The first-order chi connectivity index (χ1) is 27.7. The molecule has 0 bridgehead atoms. The topological polar surface area (TPSA) is 82.3 Å². The van der Waals surface area contributed by atoms with Gasteiger partial charge in [0, 0.05) is 39.0 Å². The lowest BCUT2D eigenvalue weighted by Gasteiger charge is -2.08. The lowest BCUT2D eigenvalue weighted by molar-refractivity contribution is -0.122. The van der Waals surface area contributed by atoms with E-state index >= 15 is 0 Å². The number of carbonyl (C=O) groups is 2. The van der Waals surface area contributed by atoms with Gasteiger partial charge in [0.15, 0.2) is 0 Å². The Kier molecular flexibility index (Phi) is 49.0. The predicted octanol–water partition coefficient (Wildman–Crippen LogP) is 14.0. The van der Waals surface area contributed by atoms with Crippen LogP contribution in [0.2, 0.25) is 0 Å². The van der Waals surface area contributed by atoms with Crippen LogP contribution in [0.1, 0.15) is 271 Å². The average molecular weight is 791 g/mol. The fourth-order valence-electron chi connectivity index (χ4n) is 7.88. The van der Waals surface area contributed by atoms with Gasteiger partial charge in [-0.2, -0.15) is 0 Å². The van der Waals surface area contributed by atoms with Crippen LogP contribution in [-0.2, 0) is 9.59 Å². The van der Waals surface area contributed by atoms with E-state index in [4.69, 9.17) is 0 Å². The summed E-state index contributed by atoms with van der Waals surface area (Å²) in [5, 5.41) is 13.1. The number of unbranched alkanes of at least 4 members (excludes halogenated alkanes) is 35. The van der Waals surface area contributed by atoms with Crippen molar-refractivity contribution < 1.29 is 9.59 Å². The molecule has 0 aliphatic rings. The van der Waals surface area contributed by atoms with E-state index in [2.05, 4.69) is 35.1 Å². The van der Waals surface area contributed by atoms with E-state index in [1.807, 2.05) is 0 Å². The minimum absolute atomic E-state index is 0.186. The summed E-state index contributed by atoms with van der Waals surface area (Å²) in [7, 11) is 0. The molecule has 0 unspecified atom stereocenters. The van der Waals surface area contributed by atoms with Gasteiger partial charge in [0.1, 0.15) is 0 Å². The van der Waals surface area contributed by atoms with Crippen LogP contribution in [0.5, 0.6) is 0 Å². The minimum Gasteiger partial charge on any atom is -0.355 e. The standard InChI is InChI=1S/C50H102N4O2/c1-3-5-7-9-11-13-15-17-19-21-23-25-27-31-35-39-43-51-45-47-53-49(55)41-37-33-29-30-34-38-42-50(56)54-48-46-52-44-40-36-32-28-26-24-22-20-18-16-14-12-10-8-6-4-2/h51-52H,3-48H2,1-2H3,(H,53,55)(H,54,56). The van der Waals surface area contributed by atoms with Crippen LogP contribution in [0, 0.1) is 0 Å². The Morgan fingerprint density at radius 3 is 0.714 bits per heavy atom. The Morgan fingerprint density at radius 2 is 0.464 bits per heavy atom. The molecule has 0 aliphatic heterocycles. The summed E-state index contributed by atoms with van der Waals surface area (Å²) in [6.07, 6.45) is 52.7. The highest BCUT2D eigenvalue weighted by Crippen LogP contribution is 2.15. The van der Waals surface area contributed by atoms with Crippen LogP contribution in [0.3, 0.4) is 0 Å². The number of amides is 2. The second-order valence-electron chi connectivity index (χ2n) is 17.4. The molecular weight excluding hydrogens is 689 g/mol. The predicted molar refractivity (Wildman–Crippen MR) is 248 cm³/mol. The molecule has 0 rings (SSSR count). The number of hydrogen-bond acceptors (Lipinski definition) is 4. The van der Waals surface area contributed by atoms with E-state index in [0.717, 1.165) is 77.8 Å². The Hall–Kier alpha value is -1.14. The van der Waals surface area contributed by atoms with E-state index in [-0.39, 0.29) is 11.8 Å². The summed E-state index contributed by atoms with van der Waals surface area (Å²) >= 11 is 0. The zero-order valence-electron chi connectivity index (χ0n) is 38.3. The van der Waals surface area contributed by atoms with Crippen molar-refractivity contribution in [3.05, 3.63) is 0 Å². The third-order valence-corrected chi connectivity index (χ3v) is 11.7. The molecule has 0 aromatic heterocycles. The maximum atomic E-state index is 12.1. The van der Waals surface area contributed by atoms with Crippen molar-refractivity contribution in [2.75, 3.05) is 39.3 Å². The van der Waals surface area contributed by atoms with E-state index in [9.17, 15) is 9.59 Å². The Labute approximate surface area is 351 Å². The highest BCUT2D eigenvalue weighted by molar-refractivity contribution is 5.76. The molecule has 0 aromatic rings. The van der Waals surface area contributed by atoms with Crippen molar-refractivity contribution in [2.45, 2.75) is 271 Å². The second kappa shape index (κ2) is 50.0. The zero-order valence-corrected chi connectivity index (χ0v) is 38.3. The monoisotopic (exact) mass is 791 g/mol. The maximum absolute atomic E-state index is 12.1. The molecular formula is C50H102N4O2. The van der Waals surface area contributed by atoms with Crippen molar-refractivity contribution in [3.63, 3.8) is 0 Å². The molecule has 2 amide bonds. The SMILES string of the molecule is CCCCCCCCCCCCCCCCCCNCCNC(=O)CCCCCCCCC(=O)NCCNCCCCCCCCCCCCCCCCCC. The molecule has 0 aliphatic carbocycles. The van der Waals surface area contributed by atoms with Crippen LogP contribution >= 0.6 is 0 Å². The van der Waals surface area contributed by atoms with Gasteiger partial charge in [-0.05, 0) is 38.8 Å². The van der Waals surface area contributed by atoms with Crippen molar-refractivity contribution in [3.8, 4) is 0 Å². The maximum Gasteiger partial charge on any atom is 0.220 e. The molecule has 4 N–H and O–H groups in total. The molecule has 0 heterocycles. The van der Waals surface area contributed by atoms with Gasteiger partial charge >= 0.3 is 0 Å². The largest absolute Gasteiger partial charge is 0.355 e. The van der Waals surface area contributed by atoms with Crippen LogP contribution in [0.4, 0.5) is 0 Å². The summed E-state index contributed by atoms with van der Waals surface area (Å²) in [5.41, 5.74) is 0. The van der Waals surface area contributed by atoms with E-state index in [1.54, 1.807) is 0 Å². The van der Waals surface area contributed by atoms with Gasteiger partial charge in [-0.3, -0.25) is 9.59 Å². The average Bonchev–Trinajstić information content (AvgIpc) is 3.20. The smallest absolute Gasteiger partial charge is 0.220 e. The minimum atomic E-state index is 0.186. The van der Waals surface area contributed by atoms with Gasteiger partial charge in [0.2, 0.25) is 11.8 Å².